The van der Waals surface area contributed by atoms with Crippen LogP contribution in [0, 0.1) is 0 Å². The van der Waals surface area contributed by atoms with Gasteiger partial charge in [0.15, 0.2) is 0 Å². The second kappa shape index (κ2) is 6.69. The Hall–Kier alpha value is -2.56. The van der Waals surface area contributed by atoms with Gasteiger partial charge >= 0.3 is 0 Å². The topological polar surface area (TPSA) is 54.3 Å². The molecule has 1 fully saturated rings. The lowest BCUT2D eigenvalue weighted by Crippen LogP contribution is -2.46. The molecule has 120 valence electrons. The zero-order valence-corrected chi connectivity index (χ0v) is 13.2. The van der Waals surface area contributed by atoms with Gasteiger partial charge < -0.3 is 14.8 Å². The zero-order chi connectivity index (χ0) is 16.2. The van der Waals surface area contributed by atoms with Crippen molar-refractivity contribution in [2.45, 2.75) is 25.8 Å². The molecule has 2 aromatic rings. The van der Waals surface area contributed by atoms with Crippen molar-refractivity contribution in [2.75, 3.05) is 13.1 Å². The fraction of sp³-hybridized carbons (Fsp3) is 0.333. The summed E-state index contributed by atoms with van der Waals surface area (Å²) in [7, 11) is 0. The number of para-hydroxylation sites is 1. The fourth-order valence-electron chi connectivity index (χ4n) is 2.93. The van der Waals surface area contributed by atoms with Crippen molar-refractivity contribution in [3.63, 3.8) is 0 Å². The summed E-state index contributed by atoms with van der Waals surface area (Å²) in [4.78, 5) is 26.7. The number of likely N-dealkylation sites (tertiary alicyclic amines) is 1. The summed E-state index contributed by atoms with van der Waals surface area (Å²) in [6.07, 6.45) is 5.88. The summed E-state index contributed by atoms with van der Waals surface area (Å²) in [6, 6.07) is 10.7. The van der Waals surface area contributed by atoms with Crippen molar-refractivity contribution < 1.29 is 9.59 Å². The summed E-state index contributed by atoms with van der Waals surface area (Å²) in [5.74, 6) is -0.233. The Bertz CT molecular complexity index is 688. The molecule has 2 heterocycles. The zero-order valence-electron chi connectivity index (χ0n) is 13.2. The highest BCUT2D eigenvalue weighted by Gasteiger charge is 2.25. The van der Waals surface area contributed by atoms with Crippen LogP contribution < -0.4 is 5.32 Å². The van der Waals surface area contributed by atoms with Crippen LogP contribution in [-0.4, -0.2) is 40.4 Å². The van der Waals surface area contributed by atoms with E-state index in [1.165, 1.54) is 0 Å². The van der Waals surface area contributed by atoms with Gasteiger partial charge in [0.1, 0.15) is 6.04 Å². The molecule has 0 bridgehead atoms. The second-order valence-electron chi connectivity index (χ2n) is 5.84. The maximum atomic E-state index is 12.6. The molecule has 1 aliphatic heterocycles. The predicted octanol–water partition coefficient (Wildman–Crippen LogP) is 2.22. The number of amides is 2. The van der Waals surface area contributed by atoms with Gasteiger partial charge in [0, 0.05) is 25.5 Å². The van der Waals surface area contributed by atoms with Gasteiger partial charge in [-0.05, 0) is 44.0 Å². The van der Waals surface area contributed by atoms with Gasteiger partial charge in [0.2, 0.25) is 5.91 Å². The summed E-state index contributed by atoms with van der Waals surface area (Å²) in [6.45, 7) is 3.33. The third-order valence-electron chi connectivity index (χ3n) is 4.17. The Balaban J connectivity index is 1.75. The molecule has 1 saturated heterocycles. The van der Waals surface area contributed by atoms with Crippen molar-refractivity contribution in [3.8, 4) is 5.69 Å². The predicted molar refractivity (Wildman–Crippen MR) is 88.5 cm³/mol. The van der Waals surface area contributed by atoms with Gasteiger partial charge in [-0.1, -0.05) is 12.1 Å². The molecule has 3 rings (SSSR count). The molecule has 5 nitrogen and oxygen atoms in total. The molecular weight excluding hydrogens is 290 g/mol. The van der Waals surface area contributed by atoms with Gasteiger partial charge in [-0.3, -0.25) is 9.59 Å². The van der Waals surface area contributed by atoms with E-state index in [1.807, 2.05) is 52.2 Å². The Morgan fingerprint density at radius 1 is 1.04 bits per heavy atom. The molecule has 1 atom stereocenters. The first-order valence-corrected chi connectivity index (χ1v) is 7.99. The molecule has 0 saturated carbocycles. The van der Waals surface area contributed by atoms with Gasteiger partial charge in [-0.15, -0.1) is 0 Å². The quantitative estimate of drug-likeness (QED) is 0.941. The molecule has 23 heavy (non-hydrogen) atoms. The van der Waals surface area contributed by atoms with Gasteiger partial charge in [0.25, 0.3) is 5.91 Å². The largest absolute Gasteiger partial charge is 0.341 e. The highest BCUT2D eigenvalue weighted by Crippen LogP contribution is 2.15. The number of aromatic nitrogens is 1. The van der Waals surface area contributed by atoms with Crippen LogP contribution >= 0.6 is 0 Å². The average molecular weight is 311 g/mol. The van der Waals surface area contributed by atoms with Crippen molar-refractivity contribution in [1.29, 1.82) is 0 Å². The van der Waals surface area contributed by atoms with Gasteiger partial charge in [0.05, 0.1) is 11.3 Å². The molecule has 0 unspecified atom stereocenters. The third kappa shape index (κ3) is 3.28. The van der Waals surface area contributed by atoms with E-state index in [9.17, 15) is 9.59 Å². The molecule has 1 aromatic carbocycles. The van der Waals surface area contributed by atoms with Crippen molar-refractivity contribution in [1.82, 2.24) is 14.8 Å². The number of benzene rings is 1. The molecule has 1 aromatic heterocycles. The lowest BCUT2D eigenvalue weighted by molar-refractivity contribution is -0.131. The highest BCUT2D eigenvalue weighted by molar-refractivity contribution is 6.00. The number of nitrogens with zero attached hydrogens (tertiary/aromatic N) is 2. The minimum atomic E-state index is -0.515. The van der Waals surface area contributed by atoms with Crippen LogP contribution in [0.2, 0.25) is 0 Å². The smallest absolute Gasteiger partial charge is 0.254 e. The maximum absolute atomic E-state index is 12.6. The number of hydrogen-bond donors (Lipinski definition) is 1. The molecular formula is C18H21N3O2. The molecule has 2 amide bonds. The lowest BCUT2D eigenvalue weighted by Gasteiger charge is -2.21. The van der Waals surface area contributed by atoms with Crippen LogP contribution in [0.25, 0.3) is 5.69 Å². The minimum absolute atomic E-state index is 0.00528. The SMILES string of the molecule is C[C@H](NC(=O)c1ccccc1-n1cccc1)C(=O)N1CCCC1. The van der Waals surface area contributed by atoms with E-state index in [0.29, 0.717) is 5.56 Å². The van der Waals surface area contributed by atoms with E-state index in [2.05, 4.69) is 5.32 Å². The highest BCUT2D eigenvalue weighted by atomic mass is 16.2. The number of nitrogens with one attached hydrogen (secondary N) is 1. The van der Waals surface area contributed by atoms with Crippen LogP contribution in [0.1, 0.15) is 30.1 Å². The van der Waals surface area contributed by atoms with Crippen molar-refractivity contribution in [3.05, 3.63) is 54.4 Å². The molecule has 0 spiro atoms. The minimum Gasteiger partial charge on any atom is -0.341 e. The molecule has 5 heteroatoms. The maximum Gasteiger partial charge on any atom is 0.254 e. The fourth-order valence-corrected chi connectivity index (χ4v) is 2.93. The van der Waals surface area contributed by atoms with Crippen LogP contribution in [0.3, 0.4) is 0 Å². The lowest BCUT2D eigenvalue weighted by atomic mass is 10.1. The Labute approximate surface area is 135 Å². The van der Waals surface area contributed by atoms with Crippen LogP contribution in [0.15, 0.2) is 48.8 Å². The van der Waals surface area contributed by atoms with Crippen LogP contribution in [-0.2, 0) is 4.79 Å². The van der Waals surface area contributed by atoms with Gasteiger partial charge in [-0.25, -0.2) is 0 Å². The Morgan fingerprint density at radius 2 is 1.70 bits per heavy atom. The average Bonchev–Trinajstić information content (AvgIpc) is 3.27. The van der Waals surface area contributed by atoms with Gasteiger partial charge in [-0.2, -0.15) is 0 Å². The summed E-state index contributed by atoms with van der Waals surface area (Å²) in [5.41, 5.74) is 1.36. The summed E-state index contributed by atoms with van der Waals surface area (Å²) < 4.78 is 1.89. The molecule has 1 N–H and O–H groups in total. The summed E-state index contributed by atoms with van der Waals surface area (Å²) in [5, 5.41) is 2.83. The molecule has 0 radical (unpaired) electrons. The number of hydrogen-bond acceptors (Lipinski definition) is 2. The standard InChI is InChI=1S/C18H21N3O2/c1-14(18(23)21-12-6-7-13-21)19-17(22)15-8-2-3-9-16(15)20-10-4-5-11-20/h2-5,8-11,14H,6-7,12-13H2,1H3,(H,19,22)/t14-/m0/s1. The van der Waals surface area contributed by atoms with Crippen LogP contribution in [0.4, 0.5) is 0 Å². The van der Waals surface area contributed by atoms with E-state index in [-0.39, 0.29) is 11.8 Å². The van der Waals surface area contributed by atoms with Crippen molar-refractivity contribution in [2.24, 2.45) is 0 Å². The summed E-state index contributed by atoms with van der Waals surface area (Å²) >= 11 is 0. The first-order chi connectivity index (χ1) is 11.2. The molecule has 0 aliphatic carbocycles. The Morgan fingerprint density at radius 3 is 2.39 bits per heavy atom. The van der Waals surface area contributed by atoms with E-state index in [1.54, 1.807) is 13.0 Å². The number of carbonyl (C=O) groups is 2. The van der Waals surface area contributed by atoms with E-state index in [4.69, 9.17) is 0 Å². The number of carbonyl (C=O) groups excluding carboxylic acids is 2. The van der Waals surface area contributed by atoms with E-state index in [0.717, 1.165) is 31.6 Å². The third-order valence-corrected chi connectivity index (χ3v) is 4.17. The van der Waals surface area contributed by atoms with Crippen molar-refractivity contribution >= 4 is 11.8 Å². The molecule has 1 aliphatic rings. The Kier molecular flexibility index (Phi) is 4.46. The first-order valence-electron chi connectivity index (χ1n) is 7.99. The second-order valence-corrected chi connectivity index (χ2v) is 5.84. The van der Waals surface area contributed by atoms with E-state index < -0.39 is 6.04 Å². The number of rotatable bonds is 4. The normalized spacial score (nSPS) is 15.4. The van der Waals surface area contributed by atoms with Crippen LogP contribution in [0.5, 0.6) is 0 Å². The first kappa shape index (κ1) is 15.3. The monoisotopic (exact) mass is 311 g/mol. The van der Waals surface area contributed by atoms with E-state index >= 15 is 0 Å².